The largest absolute Gasteiger partial charge is 0.491 e. The van der Waals surface area contributed by atoms with Crippen LogP contribution in [-0.2, 0) is 17.7 Å². The van der Waals surface area contributed by atoms with Crippen molar-refractivity contribution in [1.29, 1.82) is 5.41 Å². The normalized spacial score (nSPS) is 15.7. The van der Waals surface area contributed by atoms with E-state index in [0.29, 0.717) is 24.3 Å². The molecule has 2 heterocycles. The molecule has 0 saturated heterocycles. The summed E-state index contributed by atoms with van der Waals surface area (Å²) < 4.78 is 11.8. The molecule has 0 aliphatic carbocycles. The summed E-state index contributed by atoms with van der Waals surface area (Å²) in [5.41, 5.74) is 11.0. The Morgan fingerprint density at radius 1 is 1.31 bits per heavy atom. The number of nitrogens with one attached hydrogen (secondary N) is 1. The maximum atomic E-state index is 10.5. The fourth-order valence-corrected chi connectivity index (χ4v) is 3.53. The summed E-state index contributed by atoms with van der Waals surface area (Å²) >= 11 is 0. The predicted octanol–water partition coefficient (Wildman–Crippen LogP) is 2.25. The van der Waals surface area contributed by atoms with Gasteiger partial charge < -0.3 is 20.1 Å². The monoisotopic (exact) mass is 387 g/mol. The highest BCUT2D eigenvalue weighted by molar-refractivity contribution is 6.60. The molecule has 7 heteroatoms. The Balaban J connectivity index is 1.61. The van der Waals surface area contributed by atoms with Crippen LogP contribution < -0.4 is 15.9 Å². The van der Waals surface area contributed by atoms with Crippen molar-refractivity contribution < 1.29 is 14.4 Å². The molecule has 1 atom stereocenters. The van der Waals surface area contributed by atoms with Crippen molar-refractivity contribution in [1.82, 2.24) is 4.98 Å². The molecule has 6 nitrogen and oxygen atoms in total. The molecule has 4 N–H and O–H groups in total. The second-order valence-corrected chi connectivity index (χ2v) is 7.20. The summed E-state index contributed by atoms with van der Waals surface area (Å²) in [6.45, 7) is 2.30. The number of nitrogens with two attached hydrogens (primary N) is 1. The Morgan fingerprint density at radius 3 is 2.93 bits per heavy atom. The first kappa shape index (κ1) is 19.2. The minimum atomic E-state index is -0.976. The zero-order chi connectivity index (χ0) is 20.4. The van der Waals surface area contributed by atoms with Crippen LogP contribution in [-0.4, -0.2) is 23.0 Å². The van der Waals surface area contributed by atoms with E-state index in [1.54, 1.807) is 18.5 Å². The van der Waals surface area contributed by atoms with Crippen molar-refractivity contribution in [3.63, 3.8) is 0 Å². The van der Waals surface area contributed by atoms with E-state index in [-0.39, 0.29) is 11.9 Å². The summed E-state index contributed by atoms with van der Waals surface area (Å²) in [4.78, 5) is 4.09. The topological polar surface area (TPSA) is 101 Å². The Kier molecular flexibility index (Phi) is 5.33. The molecule has 1 unspecified atom stereocenters. The van der Waals surface area contributed by atoms with Gasteiger partial charge in [-0.2, -0.15) is 0 Å². The van der Waals surface area contributed by atoms with E-state index in [9.17, 15) is 5.02 Å². The Bertz CT molecular complexity index is 1040. The number of nitrogen functional groups attached to an aromatic ring is 1. The lowest BCUT2D eigenvalue weighted by molar-refractivity contribution is 0.167. The molecule has 0 radical (unpaired) electrons. The highest BCUT2D eigenvalue weighted by Gasteiger charge is 2.32. The number of benzene rings is 2. The minimum absolute atomic E-state index is 0.0665. The van der Waals surface area contributed by atoms with E-state index in [1.807, 2.05) is 49.4 Å². The fraction of sp³-hybridized carbons (Fsp3) is 0.182. The molecule has 0 fully saturated rings. The summed E-state index contributed by atoms with van der Waals surface area (Å²) in [6, 6.07) is 15.3. The lowest BCUT2D eigenvalue weighted by atomic mass is 9.71. The van der Waals surface area contributed by atoms with Gasteiger partial charge in [-0.3, -0.25) is 10.4 Å². The van der Waals surface area contributed by atoms with Gasteiger partial charge in [-0.05, 0) is 41.7 Å². The van der Waals surface area contributed by atoms with Crippen molar-refractivity contribution in [2.45, 2.75) is 26.1 Å². The first-order valence-corrected chi connectivity index (χ1v) is 9.44. The molecule has 1 aromatic heterocycles. The smallest absolute Gasteiger partial charge is 0.488 e. The number of fused-ring (bicyclic) bond motifs is 1. The minimum Gasteiger partial charge on any atom is -0.488 e. The molecular weight excluding hydrogens is 365 g/mol. The van der Waals surface area contributed by atoms with Gasteiger partial charge in [0.2, 0.25) is 0 Å². The summed E-state index contributed by atoms with van der Waals surface area (Å²) in [5.74, 6) is 0.440. The summed E-state index contributed by atoms with van der Waals surface area (Å²) in [5, 5.41) is 18.3. The number of ether oxygens (including phenoxy) is 1. The van der Waals surface area contributed by atoms with Gasteiger partial charge in [0.1, 0.15) is 18.2 Å². The Morgan fingerprint density at radius 2 is 2.17 bits per heavy atom. The lowest BCUT2D eigenvalue weighted by Gasteiger charge is -2.28. The number of pyridine rings is 1. The van der Waals surface area contributed by atoms with Gasteiger partial charge in [-0.25, -0.2) is 0 Å². The third kappa shape index (κ3) is 4.16. The van der Waals surface area contributed by atoms with Crippen LogP contribution in [0.25, 0.3) is 0 Å². The van der Waals surface area contributed by atoms with Crippen LogP contribution >= 0.6 is 0 Å². The summed E-state index contributed by atoms with van der Waals surface area (Å²) in [7, 11) is -0.976. The number of rotatable bonds is 5. The molecule has 4 rings (SSSR count). The number of aryl methyl sites for hydroxylation is 1. The molecule has 146 valence electrons. The van der Waals surface area contributed by atoms with E-state index < -0.39 is 7.12 Å². The molecule has 1 aliphatic heterocycles. The predicted molar refractivity (Wildman–Crippen MR) is 112 cm³/mol. The van der Waals surface area contributed by atoms with Crippen LogP contribution in [0.3, 0.4) is 0 Å². The third-order valence-electron chi connectivity index (χ3n) is 5.05. The van der Waals surface area contributed by atoms with E-state index in [4.69, 9.17) is 20.5 Å². The quantitative estimate of drug-likeness (QED) is 0.354. The fourth-order valence-electron chi connectivity index (χ4n) is 3.53. The van der Waals surface area contributed by atoms with Crippen molar-refractivity contribution in [3.8, 4) is 5.75 Å². The Hall–Kier alpha value is -3.16. The van der Waals surface area contributed by atoms with Gasteiger partial charge in [-0.15, -0.1) is 0 Å². The van der Waals surface area contributed by atoms with E-state index in [1.165, 1.54) is 0 Å². The average molecular weight is 387 g/mol. The van der Waals surface area contributed by atoms with Crippen LogP contribution in [0.15, 0.2) is 60.9 Å². The van der Waals surface area contributed by atoms with E-state index >= 15 is 0 Å². The van der Waals surface area contributed by atoms with Gasteiger partial charge >= 0.3 is 7.12 Å². The molecule has 0 bridgehead atoms. The van der Waals surface area contributed by atoms with Crippen molar-refractivity contribution in [3.05, 3.63) is 88.7 Å². The first-order chi connectivity index (χ1) is 14.0. The number of aromatic nitrogens is 1. The number of nitrogens with zero attached hydrogens (tertiary/aromatic N) is 1. The third-order valence-corrected chi connectivity index (χ3v) is 5.05. The molecule has 2 aromatic carbocycles. The first-order valence-electron chi connectivity index (χ1n) is 9.44. The zero-order valence-corrected chi connectivity index (χ0v) is 16.1. The maximum Gasteiger partial charge on any atom is 0.491 e. The van der Waals surface area contributed by atoms with Gasteiger partial charge in [0.05, 0.1) is 11.7 Å². The maximum absolute atomic E-state index is 10.5. The average Bonchev–Trinajstić information content (AvgIpc) is 2.73. The number of hydrogen-bond acceptors (Lipinski definition) is 5. The van der Waals surface area contributed by atoms with Crippen LogP contribution in [0.5, 0.6) is 5.75 Å². The SMILES string of the molecule is Cc1ccc2c(c1)B(O)OC(c1ccc(C(=N)N)c(OCc3cccnc3)c1)C2. The second-order valence-electron chi connectivity index (χ2n) is 7.20. The highest BCUT2D eigenvalue weighted by Crippen LogP contribution is 2.31. The molecular formula is C22H22BN3O3. The van der Waals surface area contributed by atoms with Crippen molar-refractivity contribution >= 4 is 18.4 Å². The molecule has 1 aliphatic rings. The van der Waals surface area contributed by atoms with Gasteiger partial charge in [-0.1, -0.05) is 35.9 Å². The zero-order valence-electron chi connectivity index (χ0n) is 16.1. The van der Waals surface area contributed by atoms with Crippen LogP contribution in [0.1, 0.15) is 33.9 Å². The van der Waals surface area contributed by atoms with Crippen molar-refractivity contribution in [2.24, 2.45) is 5.73 Å². The van der Waals surface area contributed by atoms with Crippen LogP contribution in [0, 0.1) is 12.3 Å². The van der Waals surface area contributed by atoms with Crippen molar-refractivity contribution in [2.75, 3.05) is 0 Å². The Labute approximate surface area is 170 Å². The standard InChI is InChI=1S/C22H22BN3O3/c1-14-4-5-16-10-20(29-23(27)19(16)9-14)17-6-7-18(22(24)25)21(11-17)28-13-15-3-2-8-26-12-15/h2-9,11-12,20,27H,10,13H2,1H3,(H3,24,25). The molecule has 0 spiro atoms. The molecule has 0 saturated carbocycles. The highest BCUT2D eigenvalue weighted by atomic mass is 16.5. The van der Waals surface area contributed by atoms with Gasteiger partial charge in [0, 0.05) is 24.4 Å². The van der Waals surface area contributed by atoms with Crippen LogP contribution in [0.2, 0.25) is 0 Å². The number of amidine groups is 1. The van der Waals surface area contributed by atoms with E-state index in [2.05, 4.69) is 4.98 Å². The molecule has 29 heavy (non-hydrogen) atoms. The molecule has 3 aromatic rings. The summed E-state index contributed by atoms with van der Waals surface area (Å²) in [6.07, 6.45) is 3.77. The van der Waals surface area contributed by atoms with E-state index in [0.717, 1.165) is 27.7 Å². The molecule has 0 amide bonds. The van der Waals surface area contributed by atoms with Gasteiger partial charge in [0.15, 0.2) is 0 Å². The lowest BCUT2D eigenvalue weighted by Crippen LogP contribution is -2.42. The van der Waals surface area contributed by atoms with Crippen LogP contribution in [0.4, 0.5) is 0 Å². The number of hydrogen-bond donors (Lipinski definition) is 3. The second kappa shape index (κ2) is 8.07. The van der Waals surface area contributed by atoms with Gasteiger partial charge in [0.25, 0.3) is 0 Å².